The van der Waals surface area contributed by atoms with Gasteiger partial charge in [0.2, 0.25) is 0 Å². The van der Waals surface area contributed by atoms with E-state index in [9.17, 15) is 4.79 Å². The van der Waals surface area contributed by atoms with Crippen LogP contribution in [0.15, 0.2) is 41.0 Å². The third kappa shape index (κ3) is 5.96. The molecule has 1 amide bonds. The van der Waals surface area contributed by atoms with Crippen LogP contribution in [0.2, 0.25) is 0 Å². The lowest BCUT2D eigenvalue weighted by Gasteiger charge is -2.14. The van der Waals surface area contributed by atoms with Gasteiger partial charge >= 0.3 is 0 Å². The number of rotatable bonds is 9. The molecule has 4 nitrogen and oxygen atoms in total. The fourth-order valence-corrected chi connectivity index (χ4v) is 3.02. The second-order valence-electron chi connectivity index (χ2n) is 5.97. The number of nitrogens with one attached hydrogen (secondary N) is 1. The molecule has 0 aliphatic heterocycles. The first kappa shape index (κ1) is 18.5. The third-order valence-electron chi connectivity index (χ3n) is 3.54. The molecule has 0 unspecified atom stereocenters. The summed E-state index contributed by atoms with van der Waals surface area (Å²) in [7, 11) is 0. The highest BCUT2D eigenvalue weighted by Crippen LogP contribution is 2.27. The summed E-state index contributed by atoms with van der Waals surface area (Å²) in [6, 6.07) is 9.96. The minimum Gasteiger partial charge on any atom is -0.483 e. The van der Waals surface area contributed by atoms with Gasteiger partial charge in [0.25, 0.3) is 5.91 Å². The molecule has 0 saturated carbocycles. The van der Waals surface area contributed by atoms with Crippen molar-refractivity contribution in [1.29, 1.82) is 0 Å². The second kappa shape index (κ2) is 9.42. The summed E-state index contributed by atoms with van der Waals surface area (Å²) < 4.78 is 11.0. The number of carbonyl (C=O) groups is 1. The minimum absolute atomic E-state index is 0.0476. The normalized spacial score (nSPS) is 10.8. The summed E-state index contributed by atoms with van der Waals surface area (Å²) in [5.74, 6) is 3.68. The highest BCUT2D eigenvalue weighted by molar-refractivity contribution is 7.98. The Morgan fingerprint density at radius 2 is 2.17 bits per heavy atom. The molecule has 1 aromatic heterocycles. The number of hydrogen-bond donors (Lipinski definition) is 1. The number of carbonyl (C=O) groups excluding carboxylic acids is 1. The highest BCUT2D eigenvalue weighted by Gasteiger charge is 2.10. The predicted molar refractivity (Wildman–Crippen MR) is 98.6 cm³/mol. The number of thioether (sulfide) groups is 1. The van der Waals surface area contributed by atoms with E-state index in [1.807, 2.05) is 25.1 Å². The summed E-state index contributed by atoms with van der Waals surface area (Å²) in [6.07, 6.45) is 1.67. The number of hydrogen-bond acceptors (Lipinski definition) is 4. The smallest absolute Gasteiger partial charge is 0.257 e. The topological polar surface area (TPSA) is 51.5 Å². The first-order valence-electron chi connectivity index (χ1n) is 8.16. The van der Waals surface area contributed by atoms with Gasteiger partial charge in [0.15, 0.2) is 6.61 Å². The average molecular weight is 347 g/mol. The van der Waals surface area contributed by atoms with E-state index in [0.717, 1.165) is 34.1 Å². The fraction of sp³-hybridized carbons (Fsp3) is 0.421. The highest BCUT2D eigenvalue weighted by atomic mass is 32.2. The van der Waals surface area contributed by atoms with Gasteiger partial charge < -0.3 is 14.5 Å². The molecule has 0 fully saturated rings. The molecule has 5 heteroatoms. The molecule has 0 aliphatic rings. The van der Waals surface area contributed by atoms with E-state index in [0.29, 0.717) is 12.5 Å². The van der Waals surface area contributed by atoms with Gasteiger partial charge in [-0.05, 0) is 42.2 Å². The van der Waals surface area contributed by atoms with Crippen molar-refractivity contribution in [3.63, 3.8) is 0 Å². The molecule has 0 radical (unpaired) electrons. The molecule has 0 bridgehead atoms. The van der Waals surface area contributed by atoms with Crippen molar-refractivity contribution in [3.05, 3.63) is 53.5 Å². The molecule has 1 aromatic carbocycles. The van der Waals surface area contributed by atoms with Crippen LogP contribution < -0.4 is 10.1 Å². The van der Waals surface area contributed by atoms with E-state index in [-0.39, 0.29) is 12.5 Å². The van der Waals surface area contributed by atoms with Gasteiger partial charge in [-0.15, -0.1) is 0 Å². The van der Waals surface area contributed by atoms with Crippen LogP contribution in [-0.2, 0) is 10.5 Å². The summed E-state index contributed by atoms with van der Waals surface area (Å²) in [5, 5.41) is 2.88. The Morgan fingerprint density at radius 1 is 1.33 bits per heavy atom. The number of benzene rings is 1. The first-order valence-corrected chi connectivity index (χ1v) is 9.32. The van der Waals surface area contributed by atoms with Crippen molar-refractivity contribution >= 4 is 17.7 Å². The van der Waals surface area contributed by atoms with E-state index in [1.165, 1.54) is 0 Å². The molecule has 0 saturated heterocycles. The van der Waals surface area contributed by atoms with Gasteiger partial charge in [-0.2, -0.15) is 11.8 Å². The molecule has 2 aromatic rings. The van der Waals surface area contributed by atoms with E-state index >= 15 is 0 Å². The second-order valence-corrected chi connectivity index (χ2v) is 7.07. The molecule has 24 heavy (non-hydrogen) atoms. The molecule has 2 rings (SSSR count). The summed E-state index contributed by atoms with van der Waals surface area (Å²) in [6.45, 7) is 6.93. The van der Waals surface area contributed by atoms with Crippen LogP contribution in [0.25, 0.3) is 0 Å². The SMILES string of the molecule is Cc1ccc(C(C)C)c(OCC(=O)NCCSCc2ccco2)c1. The van der Waals surface area contributed by atoms with Crippen molar-refractivity contribution in [2.24, 2.45) is 0 Å². The summed E-state index contributed by atoms with van der Waals surface area (Å²) in [5.41, 5.74) is 2.26. The lowest BCUT2D eigenvalue weighted by molar-refractivity contribution is -0.122. The number of ether oxygens (including phenoxy) is 1. The molecule has 0 spiro atoms. The van der Waals surface area contributed by atoms with Crippen molar-refractivity contribution < 1.29 is 13.9 Å². The number of furan rings is 1. The van der Waals surface area contributed by atoms with Crippen LogP contribution in [0.4, 0.5) is 0 Å². The van der Waals surface area contributed by atoms with Gasteiger partial charge in [0.05, 0.1) is 12.0 Å². The molecule has 0 atom stereocenters. The summed E-state index contributed by atoms with van der Waals surface area (Å²) >= 11 is 1.73. The van der Waals surface area contributed by atoms with E-state index in [1.54, 1.807) is 18.0 Å². The van der Waals surface area contributed by atoms with Crippen molar-refractivity contribution in [2.75, 3.05) is 18.9 Å². The van der Waals surface area contributed by atoms with Gasteiger partial charge in [0, 0.05) is 12.3 Å². The standard InChI is InChI=1S/C19H25NO3S/c1-14(2)17-7-6-15(3)11-18(17)23-12-19(21)20-8-10-24-13-16-5-4-9-22-16/h4-7,9,11,14H,8,10,12-13H2,1-3H3,(H,20,21). The van der Waals surface area contributed by atoms with Crippen LogP contribution in [0, 0.1) is 6.92 Å². The maximum absolute atomic E-state index is 11.9. The zero-order chi connectivity index (χ0) is 17.4. The van der Waals surface area contributed by atoms with Crippen molar-refractivity contribution in [3.8, 4) is 5.75 Å². The van der Waals surface area contributed by atoms with Crippen molar-refractivity contribution in [2.45, 2.75) is 32.4 Å². The fourth-order valence-electron chi connectivity index (χ4n) is 2.27. The Balaban J connectivity index is 1.68. The largest absolute Gasteiger partial charge is 0.483 e. The predicted octanol–water partition coefficient (Wildman–Crippen LogP) is 4.14. The molecule has 1 heterocycles. The number of aryl methyl sites for hydroxylation is 1. The molecule has 130 valence electrons. The lowest BCUT2D eigenvalue weighted by atomic mass is 10.0. The Labute approximate surface area is 148 Å². The van der Waals surface area contributed by atoms with Crippen LogP contribution in [0.3, 0.4) is 0 Å². The first-order chi connectivity index (χ1) is 11.6. The molecule has 1 N–H and O–H groups in total. The Kier molecular flexibility index (Phi) is 7.25. The van der Waals surface area contributed by atoms with Gasteiger partial charge in [0.1, 0.15) is 11.5 Å². The average Bonchev–Trinajstić information content (AvgIpc) is 3.05. The van der Waals surface area contributed by atoms with Gasteiger partial charge in [-0.1, -0.05) is 26.0 Å². The van der Waals surface area contributed by atoms with Crippen LogP contribution in [0.5, 0.6) is 5.75 Å². The molecule has 0 aliphatic carbocycles. The van der Waals surface area contributed by atoms with Crippen molar-refractivity contribution in [1.82, 2.24) is 5.32 Å². The minimum atomic E-state index is -0.0928. The van der Waals surface area contributed by atoms with E-state index < -0.39 is 0 Å². The maximum Gasteiger partial charge on any atom is 0.257 e. The molecular weight excluding hydrogens is 322 g/mol. The zero-order valence-corrected chi connectivity index (χ0v) is 15.3. The quantitative estimate of drug-likeness (QED) is 0.693. The van der Waals surface area contributed by atoms with Crippen LogP contribution in [-0.4, -0.2) is 24.8 Å². The summed E-state index contributed by atoms with van der Waals surface area (Å²) in [4.78, 5) is 11.9. The van der Waals surface area contributed by atoms with Crippen LogP contribution >= 0.6 is 11.8 Å². The Hall–Kier alpha value is -1.88. The van der Waals surface area contributed by atoms with Crippen LogP contribution in [0.1, 0.15) is 36.7 Å². The Bertz CT molecular complexity index is 638. The van der Waals surface area contributed by atoms with Gasteiger partial charge in [-0.3, -0.25) is 4.79 Å². The van der Waals surface area contributed by atoms with E-state index in [2.05, 4.69) is 31.3 Å². The molecular formula is C19H25NO3S. The monoisotopic (exact) mass is 347 g/mol. The van der Waals surface area contributed by atoms with Gasteiger partial charge in [-0.25, -0.2) is 0 Å². The van der Waals surface area contributed by atoms with E-state index in [4.69, 9.17) is 9.15 Å². The maximum atomic E-state index is 11.9. The number of amides is 1. The third-order valence-corrected chi connectivity index (χ3v) is 4.52. The lowest BCUT2D eigenvalue weighted by Crippen LogP contribution is -2.30. The zero-order valence-electron chi connectivity index (χ0n) is 14.5. The Morgan fingerprint density at radius 3 is 2.88 bits per heavy atom.